The van der Waals surface area contributed by atoms with Gasteiger partial charge in [0.25, 0.3) is 0 Å². The second kappa shape index (κ2) is 5.86. The molecule has 3 nitrogen and oxygen atoms in total. The quantitative estimate of drug-likeness (QED) is 0.887. The Morgan fingerprint density at radius 3 is 2.75 bits per heavy atom. The molecule has 2 N–H and O–H groups in total. The molecule has 0 saturated carbocycles. The van der Waals surface area contributed by atoms with Crippen molar-refractivity contribution in [3.05, 3.63) is 33.8 Å². The minimum atomic E-state index is -0.189. The topological polar surface area (TPSA) is 41.1 Å². The highest BCUT2D eigenvalue weighted by atomic mass is 79.9. The highest BCUT2D eigenvalue weighted by molar-refractivity contribution is 9.10. The van der Waals surface area contributed by atoms with Crippen LogP contribution >= 0.6 is 15.9 Å². The van der Waals surface area contributed by atoms with E-state index in [4.69, 9.17) is 0 Å². The summed E-state index contributed by atoms with van der Waals surface area (Å²) in [7, 11) is 0. The van der Waals surface area contributed by atoms with Crippen LogP contribution in [0.1, 0.15) is 51.3 Å². The second-order valence-corrected chi connectivity index (χ2v) is 7.48. The predicted molar refractivity (Wildman–Crippen MR) is 85.7 cm³/mol. The zero-order chi connectivity index (χ0) is 14.9. The minimum Gasteiger partial charge on any atom is -0.350 e. The van der Waals surface area contributed by atoms with Crippen LogP contribution in [0.25, 0.3) is 0 Å². The molecule has 0 saturated heterocycles. The lowest BCUT2D eigenvalue weighted by Crippen LogP contribution is -2.50. The van der Waals surface area contributed by atoms with Crippen molar-refractivity contribution < 1.29 is 4.79 Å². The molecule has 110 valence electrons. The fraction of sp³-hybridized carbons (Fsp3) is 0.562. The van der Waals surface area contributed by atoms with E-state index >= 15 is 0 Å². The van der Waals surface area contributed by atoms with Crippen molar-refractivity contribution in [1.29, 1.82) is 0 Å². The third-order valence-corrected chi connectivity index (χ3v) is 4.02. The van der Waals surface area contributed by atoms with Crippen LogP contribution in [0, 0.1) is 0 Å². The van der Waals surface area contributed by atoms with Crippen LogP contribution < -0.4 is 10.6 Å². The van der Waals surface area contributed by atoms with Crippen LogP contribution in [-0.2, 0) is 11.2 Å². The molecule has 4 heteroatoms. The van der Waals surface area contributed by atoms with Crippen LogP contribution in [0.5, 0.6) is 0 Å². The summed E-state index contributed by atoms with van der Waals surface area (Å²) >= 11 is 3.51. The van der Waals surface area contributed by atoms with Gasteiger partial charge in [-0.3, -0.25) is 10.1 Å². The molecule has 0 fully saturated rings. The van der Waals surface area contributed by atoms with E-state index in [1.54, 1.807) is 0 Å². The molecule has 1 aliphatic rings. The summed E-state index contributed by atoms with van der Waals surface area (Å²) in [5.74, 6) is 0.0584. The average molecular weight is 339 g/mol. The van der Waals surface area contributed by atoms with Crippen molar-refractivity contribution in [1.82, 2.24) is 10.6 Å². The number of fused-ring (bicyclic) bond motifs is 1. The Bertz CT molecular complexity index is 508. The number of benzene rings is 1. The molecule has 2 rings (SSSR count). The summed E-state index contributed by atoms with van der Waals surface area (Å²) < 4.78 is 1.12. The fourth-order valence-electron chi connectivity index (χ4n) is 2.61. The molecule has 2 atom stereocenters. The van der Waals surface area contributed by atoms with Crippen LogP contribution in [-0.4, -0.2) is 17.5 Å². The maximum absolute atomic E-state index is 12.1. The molecule has 1 aliphatic carbocycles. The zero-order valence-corrected chi connectivity index (χ0v) is 14.2. The van der Waals surface area contributed by atoms with Gasteiger partial charge in [0.2, 0.25) is 5.91 Å². The SMILES string of the molecule is CC(NC1CCc2cc(Br)ccc21)C(=O)NC(C)(C)C. The number of carbonyl (C=O) groups excluding carboxylic acids is 1. The summed E-state index contributed by atoms with van der Waals surface area (Å²) in [4.78, 5) is 12.1. The molecular weight excluding hydrogens is 316 g/mol. The molecule has 1 aromatic carbocycles. The van der Waals surface area contributed by atoms with Gasteiger partial charge in [0.15, 0.2) is 0 Å². The molecule has 0 aromatic heterocycles. The molecule has 0 heterocycles. The molecule has 2 unspecified atom stereocenters. The standard InChI is InChI=1S/C16H23BrN2O/c1-10(15(20)19-16(2,3)4)18-14-8-5-11-9-12(17)6-7-13(11)14/h6-7,9-10,14,18H,5,8H2,1-4H3,(H,19,20). The first-order valence-corrected chi connectivity index (χ1v) is 7.92. The van der Waals surface area contributed by atoms with Gasteiger partial charge in [0, 0.05) is 16.1 Å². The Morgan fingerprint density at radius 1 is 1.40 bits per heavy atom. The van der Waals surface area contributed by atoms with E-state index in [0.717, 1.165) is 17.3 Å². The first-order chi connectivity index (χ1) is 9.26. The van der Waals surface area contributed by atoms with Crippen molar-refractivity contribution in [3.63, 3.8) is 0 Å². The van der Waals surface area contributed by atoms with E-state index in [-0.39, 0.29) is 23.5 Å². The van der Waals surface area contributed by atoms with Gasteiger partial charge in [0.05, 0.1) is 6.04 Å². The van der Waals surface area contributed by atoms with Crippen molar-refractivity contribution in [3.8, 4) is 0 Å². The summed E-state index contributed by atoms with van der Waals surface area (Å²) in [6.45, 7) is 7.93. The summed E-state index contributed by atoms with van der Waals surface area (Å²) in [5.41, 5.74) is 2.51. The monoisotopic (exact) mass is 338 g/mol. The number of rotatable bonds is 3. The van der Waals surface area contributed by atoms with Crippen LogP contribution in [0.2, 0.25) is 0 Å². The normalized spacial score (nSPS) is 19.6. The number of aryl methyl sites for hydroxylation is 1. The largest absolute Gasteiger partial charge is 0.350 e. The summed E-state index contributed by atoms with van der Waals surface area (Å²) in [5, 5.41) is 6.47. The first-order valence-electron chi connectivity index (χ1n) is 7.12. The number of nitrogens with one attached hydrogen (secondary N) is 2. The maximum atomic E-state index is 12.1. The minimum absolute atomic E-state index is 0.0584. The number of halogens is 1. The molecule has 1 aromatic rings. The van der Waals surface area contributed by atoms with Crippen molar-refractivity contribution in [2.45, 2.75) is 58.2 Å². The Hall–Kier alpha value is -0.870. The average Bonchev–Trinajstić information content (AvgIpc) is 2.69. The van der Waals surface area contributed by atoms with Gasteiger partial charge in [-0.2, -0.15) is 0 Å². The van der Waals surface area contributed by atoms with E-state index in [9.17, 15) is 4.79 Å². The number of amides is 1. The van der Waals surface area contributed by atoms with Gasteiger partial charge < -0.3 is 5.32 Å². The van der Waals surface area contributed by atoms with E-state index in [2.05, 4.69) is 44.8 Å². The lowest BCUT2D eigenvalue weighted by molar-refractivity contribution is -0.124. The van der Waals surface area contributed by atoms with Crippen LogP contribution in [0.15, 0.2) is 22.7 Å². The fourth-order valence-corrected chi connectivity index (χ4v) is 3.02. The van der Waals surface area contributed by atoms with Gasteiger partial charge in [-0.05, 0) is 63.8 Å². The van der Waals surface area contributed by atoms with Gasteiger partial charge in [-0.25, -0.2) is 0 Å². The number of hydrogen-bond donors (Lipinski definition) is 2. The molecule has 0 radical (unpaired) electrons. The highest BCUT2D eigenvalue weighted by Crippen LogP contribution is 2.33. The van der Waals surface area contributed by atoms with Crippen molar-refractivity contribution in [2.75, 3.05) is 0 Å². The highest BCUT2D eigenvalue weighted by Gasteiger charge is 2.26. The Labute approximate surface area is 129 Å². The van der Waals surface area contributed by atoms with E-state index in [1.807, 2.05) is 27.7 Å². The molecular formula is C16H23BrN2O. The predicted octanol–water partition coefficient (Wildman–Crippen LogP) is 3.33. The van der Waals surface area contributed by atoms with Gasteiger partial charge in [0.1, 0.15) is 0 Å². The summed E-state index contributed by atoms with van der Waals surface area (Å²) in [6, 6.07) is 6.49. The lowest BCUT2D eigenvalue weighted by atomic mass is 10.1. The molecule has 20 heavy (non-hydrogen) atoms. The molecule has 1 amide bonds. The van der Waals surface area contributed by atoms with Crippen molar-refractivity contribution in [2.24, 2.45) is 0 Å². The third kappa shape index (κ3) is 3.83. The van der Waals surface area contributed by atoms with Crippen LogP contribution in [0.3, 0.4) is 0 Å². The second-order valence-electron chi connectivity index (χ2n) is 6.56. The van der Waals surface area contributed by atoms with E-state index < -0.39 is 0 Å². The molecule has 0 bridgehead atoms. The maximum Gasteiger partial charge on any atom is 0.237 e. The first kappa shape index (κ1) is 15.5. The van der Waals surface area contributed by atoms with Gasteiger partial charge in [-0.1, -0.05) is 22.0 Å². The lowest BCUT2D eigenvalue weighted by Gasteiger charge is -2.25. The van der Waals surface area contributed by atoms with E-state index in [0.29, 0.717) is 0 Å². The number of carbonyl (C=O) groups is 1. The van der Waals surface area contributed by atoms with E-state index in [1.165, 1.54) is 11.1 Å². The Morgan fingerprint density at radius 2 is 2.10 bits per heavy atom. The Balaban J connectivity index is 2.01. The molecule has 0 aliphatic heterocycles. The van der Waals surface area contributed by atoms with Gasteiger partial charge in [-0.15, -0.1) is 0 Å². The van der Waals surface area contributed by atoms with Crippen molar-refractivity contribution >= 4 is 21.8 Å². The third-order valence-electron chi connectivity index (χ3n) is 3.53. The summed E-state index contributed by atoms with van der Waals surface area (Å²) in [6.07, 6.45) is 2.12. The molecule has 0 spiro atoms. The van der Waals surface area contributed by atoms with Gasteiger partial charge >= 0.3 is 0 Å². The number of hydrogen-bond acceptors (Lipinski definition) is 2. The smallest absolute Gasteiger partial charge is 0.237 e. The Kier molecular flexibility index (Phi) is 4.55. The van der Waals surface area contributed by atoms with Crippen LogP contribution in [0.4, 0.5) is 0 Å². The zero-order valence-electron chi connectivity index (χ0n) is 12.6.